The van der Waals surface area contributed by atoms with Crippen LogP contribution in [0.15, 0.2) is 34.9 Å². The average molecular weight is 299 g/mol. The van der Waals surface area contributed by atoms with Crippen molar-refractivity contribution in [3.8, 4) is 0 Å². The van der Waals surface area contributed by atoms with E-state index >= 15 is 0 Å². The highest BCUT2D eigenvalue weighted by Gasteiger charge is 2.30. The molecule has 0 spiro atoms. The van der Waals surface area contributed by atoms with Gasteiger partial charge < -0.3 is 10.4 Å². The van der Waals surface area contributed by atoms with E-state index in [1.165, 1.54) is 6.08 Å². The van der Waals surface area contributed by atoms with Gasteiger partial charge in [0.15, 0.2) is 0 Å². The summed E-state index contributed by atoms with van der Waals surface area (Å²) >= 11 is 10.0. The van der Waals surface area contributed by atoms with Crippen LogP contribution in [0.3, 0.4) is 0 Å². The van der Waals surface area contributed by atoms with Crippen molar-refractivity contribution in [1.29, 1.82) is 0 Å². The van der Waals surface area contributed by atoms with Crippen molar-refractivity contribution in [2.45, 2.75) is 4.90 Å². The van der Waals surface area contributed by atoms with Crippen molar-refractivity contribution < 1.29 is 14.7 Å². The van der Waals surface area contributed by atoms with Crippen LogP contribution in [0.25, 0.3) is 0 Å². The Balaban J connectivity index is 2.18. The number of β-amino-alcohol motifs (C(OH)–C–C–N with tert-alkyl or cyclic N) is 1. The minimum atomic E-state index is -0.471. The number of carbonyl (C=O) groups excluding carboxylic acids is 2. The summed E-state index contributed by atoms with van der Waals surface area (Å²) in [6, 6.07) is 4.94. The molecule has 1 heterocycles. The molecular weight excluding hydrogens is 288 g/mol. The molecule has 0 radical (unpaired) electrons. The number of halogens is 1. The van der Waals surface area contributed by atoms with Crippen molar-refractivity contribution in [1.82, 2.24) is 4.90 Å². The lowest BCUT2D eigenvalue weighted by Gasteiger charge is -2.14. The Morgan fingerprint density at radius 1 is 1.37 bits per heavy atom. The van der Waals surface area contributed by atoms with Gasteiger partial charge in [0.25, 0.3) is 11.8 Å². The zero-order valence-electron chi connectivity index (χ0n) is 9.76. The third-order valence-electron chi connectivity index (χ3n) is 2.56. The summed E-state index contributed by atoms with van der Waals surface area (Å²) in [6.07, 6.45) is 1.19. The van der Waals surface area contributed by atoms with Crippen LogP contribution < -0.4 is 5.32 Å². The van der Waals surface area contributed by atoms with E-state index in [9.17, 15) is 9.59 Å². The largest absolute Gasteiger partial charge is 0.395 e. The number of hydrogen-bond acceptors (Lipinski definition) is 5. The van der Waals surface area contributed by atoms with Crippen LogP contribution in [0.2, 0.25) is 5.02 Å². The highest BCUT2D eigenvalue weighted by molar-refractivity contribution is 7.80. The molecule has 0 unspecified atom stereocenters. The summed E-state index contributed by atoms with van der Waals surface area (Å²) in [7, 11) is 0. The predicted octanol–water partition coefficient (Wildman–Crippen LogP) is 1.29. The average Bonchev–Trinajstić information content (AvgIpc) is 2.61. The maximum absolute atomic E-state index is 11.9. The molecule has 100 valence electrons. The van der Waals surface area contributed by atoms with E-state index in [1.54, 1.807) is 18.2 Å². The third-order valence-corrected chi connectivity index (χ3v) is 3.17. The Morgan fingerprint density at radius 2 is 2.11 bits per heavy atom. The Labute approximate surface area is 120 Å². The molecule has 19 heavy (non-hydrogen) atoms. The third kappa shape index (κ3) is 2.91. The van der Waals surface area contributed by atoms with Crippen LogP contribution >= 0.6 is 24.2 Å². The molecule has 0 bridgehead atoms. The molecule has 1 aliphatic rings. The van der Waals surface area contributed by atoms with Crippen LogP contribution in [-0.4, -0.2) is 35.0 Å². The normalized spacial score (nSPS) is 14.9. The van der Waals surface area contributed by atoms with Gasteiger partial charge in [-0.25, -0.2) is 0 Å². The number of anilines is 1. The predicted molar refractivity (Wildman–Crippen MR) is 74.2 cm³/mol. The van der Waals surface area contributed by atoms with Crippen LogP contribution in [0.4, 0.5) is 5.69 Å². The Morgan fingerprint density at radius 3 is 2.74 bits per heavy atom. The second kappa shape index (κ2) is 5.64. The van der Waals surface area contributed by atoms with Gasteiger partial charge in [0, 0.05) is 16.0 Å². The van der Waals surface area contributed by atoms with E-state index in [0.29, 0.717) is 15.6 Å². The number of nitrogens with zero attached hydrogens (tertiary/aromatic N) is 1. The van der Waals surface area contributed by atoms with Gasteiger partial charge >= 0.3 is 0 Å². The number of imide groups is 1. The molecule has 2 N–H and O–H groups in total. The summed E-state index contributed by atoms with van der Waals surface area (Å²) in [4.78, 5) is 25.0. The molecule has 1 aromatic carbocycles. The first-order chi connectivity index (χ1) is 9.02. The van der Waals surface area contributed by atoms with E-state index in [1.807, 2.05) is 0 Å². The zero-order valence-corrected chi connectivity index (χ0v) is 11.4. The zero-order chi connectivity index (χ0) is 14.0. The van der Waals surface area contributed by atoms with Gasteiger partial charge in [-0.1, -0.05) is 11.6 Å². The van der Waals surface area contributed by atoms with Crippen molar-refractivity contribution in [2.75, 3.05) is 18.5 Å². The number of carbonyl (C=O) groups is 2. The highest BCUT2D eigenvalue weighted by Crippen LogP contribution is 2.26. The van der Waals surface area contributed by atoms with E-state index in [2.05, 4.69) is 17.9 Å². The van der Waals surface area contributed by atoms with Gasteiger partial charge in [-0.15, -0.1) is 12.6 Å². The summed E-state index contributed by atoms with van der Waals surface area (Å²) in [5, 5.41) is 12.2. The van der Waals surface area contributed by atoms with Gasteiger partial charge in [-0.2, -0.15) is 0 Å². The maximum Gasteiger partial charge on any atom is 0.277 e. The Bertz CT molecular complexity index is 574. The lowest BCUT2D eigenvalue weighted by Crippen LogP contribution is -2.34. The van der Waals surface area contributed by atoms with Crippen LogP contribution in [0.5, 0.6) is 0 Å². The first-order valence-corrected chi connectivity index (χ1v) is 6.29. The van der Waals surface area contributed by atoms with E-state index in [-0.39, 0.29) is 18.8 Å². The number of aliphatic hydroxyl groups excluding tert-OH is 1. The molecule has 0 fully saturated rings. The number of nitrogens with one attached hydrogen (secondary N) is 1. The number of amides is 2. The molecule has 0 saturated carbocycles. The standard InChI is InChI=1S/C12H11ClN2O3S/c13-7-1-2-8(10(19)5-7)14-9-6-11(17)15(3-4-16)12(9)18/h1-2,5-6,14,16,19H,3-4H2. The van der Waals surface area contributed by atoms with Gasteiger partial charge in [-0.05, 0) is 18.2 Å². The van der Waals surface area contributed by atoms with Crippen molar-refractivity contribution in [3.05, 3.63) is 35.0 Å². The van der Waals surface area contributed by atoms with E-state index in [0.717, 1.165) is 4.90 Å². The topological polar surface area (TPSA) is 69.6 Å². The number of aliphatic hydroxyl groups is 1. The minimum Gasteiger partial charge on any atom is -0.395 e. The molecule has 2 amide bonds. The summed E-state index contributed by atoms with van der Waals surface area (Å²) in [5.41, 5.74) is 0.724. The Hall–Kier alpha value is -1.50. The van der Waals surface area contributed by atoms with Gasteiger partial charge in [0.1, 0.15) is 5.70 Å². The molecule has 5 nitrogen and oxygen atoms in total. The van der Waals surface area contributed by atoms with Crippen LogP contribution in [0.1, 0.15) is 0 Å². The second-order valence-corrected chi connectivity index (χ2v) is 4.78. The molecular formula is C12H11ClN2O3S. The van der Waals surface area contributed by atoms with Gasteiger partial charge in [0.2, 0.25) is 0 Å². The van der Waals surface area contributed by atoms with Crippen molar-refractivity contribution in [3.63, 3.8) is 0 Å². The molecule has 0 saturated heterocycles. The molecule has 1 aliphatic heterocycles. The first-order valence-electron chi connectivity index (χ1n) is 5.47. The summed E-state index contributed by atoms with van der Waals surface area (Å²) in [5.74, 6) is -0.919. The quantitative estimate of drug-likeness (QED) is 0.579. The smallest absolute Gasteiger partial charge is 0.277 e. The van der Waals surface area contributed by atoms with Crippen LogP contribution in [0, 0.1) is 0 Å². The van der Waals surface area contributed by atoms with Gasteiger partial charge in [-0.3, -0.25) is 14.5 Å². The monoisotopic (exact) mass is 298 g/mol. The van der Waals surface area contributed by atoms with Crippen LogP contribution in [-0.2, 0) is 9.59 Å². The lowest BCUT2D eigenvalue weighted by atomic mass is 10.3. The molecule has 1 aromatic rings. The highest BCUT2D eigenvalue weighted by atomic mass is 35.5. The maximum atomic E-state index is 11.9. The van der Waals surface area contributed by atoms with Crippen molar-refractivity contribution in [2.24, 2.45) is 0 Å². The fourth-order valence-corrected chi connectivity index (χ4v) is 2.18. The molecule has 7 heteroatoms. The van der Waals surface area contributed by atoms with E-state index in [4.69, 9.17) is 16.7 Å². The first kappa shape index (κ1) is 13.9. The Kier molecular flexibility index (Phi) is 4.14. The lowest BCUT2D eigenvalue weighted by molar-refractivity contribution is -0.137. The number of rotatable bonds is 4. The molecule has 2 rings (SSSR count). The second-order valence-electron chi connectivity index (χ2n) is 3.86. The molecule has 0 atom stereocenters. The minimum absolute atomic E-state index is 0.0201. The number of hydrogen-bond donors (Lipinski definition) is 3. The molecule has 0 aliphatic carbocycles. The number of benzene rings is 1. The van der Waals surface area contributed by atoms with Crippen molar-refractivity contribution >= 4 is 41.7 Å². The fourth-order valence-electron chi connectivity index (χ4n) is 1.67. The summed E-state index contributed by atoms with van der Waals surface area (Å²) in [6.45, 7) is -0.287. The van der Waals surface area contributed by atoms with Gasteiger partial charge in [0.05, 0.1) is 18.8 Å². The fraction of sp³-hybridized carbons (Fsp3) is 0.167. The number of thiol groups is 1. The SMILES string of the molecule is O=C1C=C(Nc2ccc(Cl)cc2S)C(=O)N1CCO. The summed E-state index contributed by atoms with van der Waals surface area (Å²) < 4.78 is 0. The van der Waals surface area contributed by atoms with E-state index < -0.39 is 11.8 Å². The molecule has 0 aromatic heterocycles.